The van der Waals surface area contributed by atoms with E-state index in [-0.39, 0.29) is 17.6 Å². The average molecular weight is 369 g/mol. The first-order chi connectivity index (χ1) is 13.7. The monoisotopic (exact) mass is 369 g/mol. The lowest BCUT2D eigenvalue weighted by molar-refractivity contribution is -0.0735. The number of morpholine rings is 1. The summed E-state index contributed by atoms with van der Waals surface area (Å²) in [5.41, 5.74) is 3.57. The number of ether oxygens (including phenoxy) is 1. The van der Waals surface area contributed by atoms with Crippen LogP contribution in [0.25, 0.3) is 0 Å². The molecule has 142 valence electrons. The third kappa shape index (κ3) is 3.41. The van der Waals surface area contributed by atoms with Crippen LogP contribution in [-0.2, 0) is 10.3 Å². The third-order valence-electron chi connectivity index (χ3n) is 5.83. The van der Waals surface area contributed by atoms with Crippen molar-refractivity contribution in [1.29, 1.82) is 0 Å². The van der Waals surface area contributed by atoms with Crippen LogP contribution >= 0.6 is 0 Å². The van der Waals surface area contributed by atoms with Crippen LogP contribution in [0.4, 0.5) is 0 Å². The van der Waals surface area contributed by atoms with Crippen molar-refractivity contribution in [3.8, 4) is 0 Å². The van der Waals surface area contributed by atoms with Gasteiger partial charge >= 0.3 is 0 Å². The Morgan fingerprint density at radius 3 is 1.61 bits per heavy atom. The minimum Gasteiger partial charge on any atom is -0.381 e. The van der Waals surface area contributed by atoms with E-state index in [1.807, 2.05) is 0 Å². The van der Waals surface area contributed by atoms with E-state index in [1.54, 1.807) is 0 Å². The van der Waals surface area contributed by atoms with E-state index in [9.17, 15) is 0 Å². The Labute approximate surface area is 169 Å². The number of hydrogen-bond donors (Lipinski definition) is 0. The number of benzene rings is 3. The maximum atomic E-state index is 6.23. The van der Waals surface area contributed by atoms with Gasteiger partial charge in [-0.05, 0) is 23.1 Å². The molecular formula is C25H28BNO. The molecule has 0 bridgehead atoms. The normalized spacial score (nSPS) is 20.8. The predicted molar refractivity (Wildman–Crippen MR) is 118 cm³/mol. The summed E-state index contributed by atoms with van der Waals surface area (Å²) in [5, 5.41) is 0. The fourth-order valence-electron chi connectivity index (χ4n) is 4.63. The summed E-state index contributed by atoms with van der Waals surface area (Å²) >= 11 is 0. The van der Waals surface area contributed by atoms with E-state index in [4.69, 9.17) is 4.74 Å². The Balaban J connectivity index is 1.99. The topological polar surface area (TPSA) is 12.5 Å². The van der Waals surface area contributed by atoms with Crippen molar-refractivity contribution in [1.82, 2.24) is 4.90 Å². The molecule has 4 rings (SSSR count). The molecule has 0 radical (unpaired) electrons. The van der Waals surface area contributed by atoms with Crippen molar-refractivity contribution in [2.24, 2.45) is 0 Å². The van der Waals surface area contributed by atoms with Crippen LogP contribution in [-0.4, -0.2) is 37.9 Å². The lowest BCUT2D eigenvalue weighted by Gasteiger charge is -2.50. The second-order valence-corrected chi connectivity index (χ2v) is 7.69. The van der Waals surface area contributed by atoms with Crippen LogP contribution in [0.3, 0.4) is 0 Å². The van der Waals surface area contributed by atoms with Gasteiger partial charge in [-0.2, -0.15) is 0 Å². The number of nitrogens with zero attached hydrogens (tertiary/aromatic N) is 1. The van der Waals surface area contributed by atoms with Crippen molar-refractivity contribution >= 4 is 7.85 Å². The van der Waals surface area contributed by atoms with E-state index in [1.165, 1.54) is 16.7 Å². The molecule has 0 saturated carbocycles. The smallest absolute Gasteiger partial charge is 0.140 e. The Morgan fingerprint density at radius 1 is 0.786 bits per heavy atom. The first-order valence-corrected chi connectivity index (χ1v) is 10.3. The minimum absolute atomic E-state index is 0.203. The molecule has 2 nitrogen and oxygen atoms in total. The molecule has 1 aliphatic rings. The maximum Gasteiger partial charge on any atom is 0.140 e. The van der Waals surface area contributed by atoms with Crippen LogP contribution in [0.1, 0.15) is 30.0 Å². The zero-order valence-electron chi connectivity index (χ0n) is 16.8. The Kier molecular flexibility index (Phi) is 5.65. The van der Waals surface area contributed by atoms with Gasteiger partial charge in [0.2, 0.25) is 0 Å². The molecule has 28 heavy (non-hydrogen) atoms. The quantitative estimate of drug-likeness (QED) is 0.497. The molecule has 3 aromatic rings. The van der Waals surface area contributed by atoms with Crippen molar-refractivity contribution in [2.45, 2.75) is 31.0 Å². The number of rotatable bonds is 5. The first-order valence-electron chi connectivity index (χ1n) is 10.3. The molecule has 0 aromatic heterocycles. The van der Waals surface area contributed by atoms with Gasteiger partial charge < -0.3 is 4.74 Å². The van der Waals surface area contributed by atoms with Crippen molar-refractivity contribution in [3.63, 3.8) is 0 Å². The van der Waals surface area contributed by atoms with Crippen molar-refractivity contribution in [2.75, 3.05) is 13.1 Å². The van der Waals surface area contributed by atoms with Gasteiger partial charge in [-0.15, -0.1) is 0 Å². The molecular weight excluding hydrogens is 341 g/mol. The summed E-state index contributed by atoms with van der Waals surface area (Å²) in [6.45, 7) is 4.03. The van der Waals surface area contributed by atoms with Gasteiger partial charge in [0.05, 0.1) is 11.6 Å². The van der Waals surface area contributed by atoms with Crippen LogP contribution < -0.4 is 0 Å². The van der Waals surface area contributed by atoms with E-state index in [0.29, 0.717) is 0 Å². The Morgan fingerprint density at radius 2 is 1.21 bits per heavy atom. The molecule has 0 aliphatic carbocycles. The van der Waals surface area contributed by atoms with Crippen molar-refractivity contribution < 1.29 is 4.74 Å². The van der Waals surface area contributed by atoms with Crippen LogP contribution in [0.5, 0.6) is 0 Å². The molecule has 2 unspecified atom stereocenters. The zero-order valence-corrected chi connectivity index (χ0v) is 16.8. The van der Waals surface area contributed by atoms with Crippen molar-refractivity contribution in [3.05, 3.63) is 108 Å². The standard InChI is InChI=1S/C25H28BNO/c1-2-23-18-27(19-24(26)28-23)25(20-12-6-3-7-13-20,21-14-8-4-9-15-21)22-16-10-5-11-17-22/h3-17,23-24H,2,18-19,26H2,1H3. The van der Waals surface area contributed by atoms with Crippen LogP contribution in [0.2, 0.25) is 0 Å². The highest BCUT2D eigenvalue weighted by molar-refractivity contribution is 6.11. The van der Waals surface area contributed by atoms with Gasteiger partial charge in [0.25, 0.3) is 0 Å². The summed E-state index contributed by atoms with van der Waals surface area (Å²) in [6, 6.07) is 33.0. The Bertz CT molecular complexity index is 772. The van der Waals surface area contributed by atoms with Gasteiger partial charge in [-0.25, -0.2) is 0 Å². The molecule has 0 spiro atoms. The largest absolute Gasteiger partial charge is 0.381 e. The zero-order chi connectivity index (χ0) is 19.4. The highest BCUT2D eigenvalue weighted by Gasteiger charge is 2.44. The molecule has 3 aromatic carbocycles. The predicted octanol–water partition coefficient (Wildman–Crippen LogP) is 4.05. The van der Waals surface area contributed by atoms with Crippen LogP contribution in [0, 0.1) is 0 Å². The Hall–Kier alpha value is -2.36. The molecule has 0 amide bonds. The van der Waals surface area contributed by atoms with Gasteiger partial charge in [0, 0.05) is 19.1 Å². The molecule has 3 heteroatoms. The molecule has 2 atom stereocenters. The second kappa shape index (κ2) is 8.34. The van der Waals surface area contributed by atoms with E-state index < -0.39 is 0 Å². The second-order valence-electron chi connectivity index (χ2n) is 7.69. The summed E-state index contributed by atoms with van der Waals surface area (Å²) in [5.74, 6) is 0. The minimum atomic E-state index is -0.338. The highest BCUT2D eigenvalue weighted by atomic mass is 16.5. The third-order valence-corrected chi connectivity index (χ3v) is 5.83. The van der Waals surface area contributed by atoms with E-state index in [2.05, 4.69) is 111 Å². The fourth-order valence-corrected chi connectivity index (χ4v) is 4.63. The van der Waals surface area contributed by atoms with Crippen LogP contribution in [0.15, 0.2) is 91.0 Å². The maximum absolute atomic E-state index is 6.23. The molecule has 1 saturated heterocycles. The fraction of sp³-hybridized carbons (Fsp3) is 0.280. The first kappa shape index (κ1) is 19.0. The molecule has 1 heterocycles. The summed E-state index contributed by atoms with van der Waals surface area (Å²) < 4.78 is 6.23. The number of hydrogen-bond acceptors (Lipinski definition) is 2. The molecule has 1 aliphatic heterocycles. The molecule has 0 N–H and O–H groups in total. The van der Waals surface area contributed by atoms with E-state index >= 15 is 0 Å². The van der Waals surface area contributed by atoms with Gasteiger partial charge in [0.15, 0.2) is 0 Å². The SMILES string of the molecule is BC1CN(C(c2ccccc2)(c2ccccc2)c2ccccc2)CC(CC)O1. The lowest BCUT2D eigenvalue weighted by Crippen LogP contribution is -2.57. The molecule has 1 fully saturated rings. The highest BCUT2D eigenvalue weighted by Crippen LogP contribution is 2.43. The summed E-state index contributed by atoms with van der Waals surface area (Å²) in [4.78, 5) is 2.63. The lowest BCUT2D eigenvalue weighted by atomic mass is 9.74. The average Bonchev–Trinajstić information content (AvgIpc) is 2.76. The van der Waals surface area contributed by atoms with E-state index in [0.717, 1.165) is 19.5 Å². The van der Waals surface area contributed by atoms with Gasteiger partial charge in [-0.1, -0.05) is 97.9 Å². The van der Waals surface area contributed by atoms with Gasteiger partial charge in [0.1, 0.15) is 7.85 Å². The summed E-state index contributed by atoms with van der Waals surface area (Å²) in [6.07, 6.45) is 1.27. The summed E-state index contributed by atoms with van der Waals surface area (Å²) in [7, 11) is 2.19. The van der Waals surface area contributed by atoms with Gasteiger partial charge in [-0.3, -0.25) is 4.90 Å².